The minimum absolute atomic E-state index is 0.102. The summed E-state index contributed by atoms with van der Waals surface area (Å²) in [5.74, 6) is 0.102. The molecule has 0 atom stereocenters. The highest BCUT2D eigenvalue weighted by Gasteiger charge is 2.22. The monoisotopic (exact) mass is 360 g/mol. The Kier molecular flexibility index (Phi) is 3.84. The van der Waals surface area contributed by atoms with E-state index in [1.165, 1.54) is 38.9 Å². The van der Waals surface area contributed by atoms with Gasteiger partial charge in [0.1, 0.15) is 5.84 Å². The first kappa shape index (κ1) is 16.5. The van der Waals surface area contributed by atoms with E-state index >= 15 is 0 Å². The van der Waals surface area contributed by atoms with Crippen LogP contribution < -0.4 is 5.73 Å². The van der Waals surface area contributed by atoms with Crippen LogP contribution in [0.5, 0.6) is 0 Å². The number of fused-ring (bicyclic) bond motifs is 3. The lowest BCUT2D eigenvalue weighted by Crippen LogP contribution is -2.10. The molecule has 1 aliphatic rings. The predicted molar refractivity (Wildman–Crippen MR) is 117 cm³/mol. The third kappa shape index (κ3) is 2.71. The first-order valence-corrected chi connectivity index (χ1v) is 9.46. The van der Waals surface area contributed by atoms with Gasteiger partial charge in [0, 0.05) is 5.56 Å². The number of nitrogens with one attached hydrogen (secondary N) is 1. The maximum Gasteiger partial charge on any atom is 0.122 e. The summed E-state index contributed by atoms with van der Waals surface area (Å²) >= 11 is 0. The minimum atomic E-state index is 0.102. The average Bonchev–Trinajstić information content (AvgIpc) is 3.12. The van der Waals surface area contributed by atoms with E-state index in [2.05, 4.69) is 78.9 Å². The molecule has 0 saturated heterocycles. The van der Waals surface area contributed by atoms with Crippen LogP contribution in [0.2, 0.25) is 0 Å². The van der Waals surface area contributed by atoms with E-state index in [9.17, 15) is 0 Å². The van der Waals surface area contributed by atoms with Crippen molar-refractivity contribution in [2.75, 3.05) is 0 Å². The van der Waals surface area contributed by atoms with Crippen LogP contribution in [0.4, 0.5) is 0 Å². The maximum absolute atomic E-state index is 7.59. The minimum Gasteiger partial charge on any atom is -0.384 e. The molecule has 5 rings (SSSR count). The first-order valence-electron chi connectivity index (χ1n) is 9.46. The van der Waals surface area contributed by atoms with Gasteiger partial charge in [-0.2, -0.15) is 0 Å². The van der Waals surface area contributed by atoms with E-state index in [4.69, 9.17) is 11.1 Å². The van der Waals surface area contributed by atoms with Crippen molar-refractivity contribution in [1.29, 1.82) is 5.41 Å². The summed E-state index contributed by atoms with van der Waals surface area (Å²) in [6.07, 6.45) is 0.940. The number of nitrogen functional groups attached to an aromatic ring is 1. The molecule has 0 aromatic heterocycles. The van der Waals surface area contributed by atoms with Crippen molar-refractivity contribution in [3.05, 3.63) is 108 Å². The van der Waals surface area contributed by atoms with Crippen LogP contribution in [-0.4, -0.2) is 5.84 Å². The average molecular weight is 360 g/mol. The second-order valence-electron chi connectivity index (χ2n) is 7.24. The number of hydrogen-bond acceptors (Lipinski definition) is 1. The highest BCUT2D eigenvalue weighted by molar-refractivity contribution is 5.95. The zero-order chi connectivity index (χ0) is 19.1. The molecule has 0 fully saturated rings. The number of benzene rings is 4. The molecule has 3 N–H and O–H groups in total. The zero-order valence-electron chi connectivity index (χ0n) is 15.4. The molecule has 0 heterocycles. The normalized spacial score (nSPS) is 11.7. The standard InChI is InChI=1S/C26H20N2/c27-26(28)19-11-9-18(10-12-19)22-7-4-8-24-23-14-13-20(15-21(23)16-25(22)24)17-5-2-1-3-6-17/h1-15H,16H2,(H3,27,28). The Morgan fingerprint density at radius 1 is 0.643 bits per heavy atom. The van der Waals surface area contributed by atoms with Gasteiger partial charge >= 0.3 is 0 Å². The quantitative estimate of drug-likeness (QED) is 0.306. The highest BCUT2D eigenvalue weighted by Crippen LogP contribution is 2.42. The Morgan fingerprint density at radius 2 is 1.36 bits per heavy atom. The van der Waals surface area contributed by atoms with Crippen molar-refractivity contribution in [2.24, 2.45) is 5.73 Å². The van der Waals surface area contributed by atoms with E-state index in [-0.39, 0.29) is 5.84 Å². The summed E-state index contributed by atoms with van der Waals surface area (Å²) in [7, 11) is 0. The second kappa shape index (κ2) is 6.50. The third-order valence-corrected chi connectivity index (χ3v) is 5.55. The molecule has 0 spiro atoms. The van der Waals surface area contributed by atoms with Crippen LogP contribution in [0.25, 0.3) is 33.4 Å². The van der Waals surface area contributed by atoms with Crippen LogP contribution in [-0.2, 0) is 6.42 Å². The Balaban J connectivity index is 1.56. The summed E-state index contributed by atoms with van der Waals surface area (Å²) in [6.45, 7) is 0. The summed E-state index contributed by atoms with van der Waals surface area (Å²) in [5, 5.41) is 7.59. The zero-order valence-corrected chi connectivity index (χ0v) is 15.4. The molecule has 0 amide bonds. The van der Waals surface area contributed by atoms with Gasteiger partial charge in [0.25, 0.3) is 0 Å². The highest BCUT2D eigenvalue weighted by atomic mass is 14.7. The van der Waals surface area contributed by atoms with Crippen molar-refractivity contribution in [2.45, 2.75) is 6.42 Å². The topological polar surface area (TPSA) is 49.9 Å². The van der Waals surface area contributed by atoms with Gasteiger partial charge in [-0.1, -0.05) is 91.0 Å². The van der Waals surface area contributed by atoms with Gasteiger partial charge < -0.3 is 5.73 Å². The molecule has 1 aliphatic carbocycles. The molecule has 28 heavy (non-hydrogen) atoms. The number of nitrogens with two attached hydrogens (primary N) is 1. The van der Waals surface area contributed by atoms with E-state index in [1.54, 1.807) is 0 Å². The van der Waals surface area contributed by atoms with Gasteiger partial charge in [-0.25, -0.2) is 0 Å². The lowest BCUT2D eigenvalue weighted by atomic mass is 9.95. The largest absolute Gasteiger partial charge is 0.384 e. The third-order valence-electron chi connectivity index (χ3n) is 5.55. The van der Waals surface area contributed by atoms with Crippen molar-refractivity contribution in [3.63, 3.8) is 0 Å². The van der Waals surface area contributed by atoms with E-state index < -0.39 is 0 Å². The van der Waals surface area contributed by atoms with Crippen LogP contribution >= 0.6 is 0 Å². The van der Waals surface area contributed by atoms with Gasteiger partial charge in [0.05, 0.1) is 0 Å². The Bertz CT molecular complexity index is 1190. The Labute approximate surface area is 164 Å². The van der Waals surface area contributed by atoms with Gasteiger partial charge in [0.15, 0.2) is 0 Å². The molecular formula is C26H20N2. The number of amidine groups is 1. The van der Waals surface area contributed by atoms with Crippen molar-refractivity contribution < 1.29 is 0 Å². The number of hydrogen-bond donors (Lipinski definition) is 2. The van der Waals surface area contributed by atoms with Crippen LogP contribution in [0.3, 0.4) is 0 Å². The first-order chi connectivity index (χ1) is 13.7. The van der Waals surface area contributed by atoms with E-state index in [1.807, 2.05) is 12.1 Å². The number of rotatable bonds is 3. The molecule has 2 nitrogen and oxygen atoms in total. The smallest absolute Gasteiger partial charge is 0.122 e. The Hall–Kier alpha value is -3.65. The molecule has 2 heteroatoms. The molecular weight excluding hydrogens is 340 g/mol. The van der Waals surface area contributed by atoms with Gasteiger partial charge in [-0.15, -0.1) is 0 Å². The van der Waals surface area contributed by atoms with Crippen molar-refractivity contribution >= 4 is 5.84 Å². The van der Waals surface area contributed by atoms with Gasteiger partial charge in [0.2, 0.25) is 0 Å². The van der Waals surface area contributed by atoms with E-state index in [0.29, 0.717) is 0 Å². The second-order valence-corrected chi connectivity index (χ2v) is 7.24. The van der Waals surface area contributed by atoms with E-state index in [0.717, 1.165) is 17.5 Å². The lowest BCUT2D eigenvalue weighted by Gasteiger charge is -2.09. The van der Waals surface area contributed by atoms with Gasteiger partial charge in [-0.3, -0.25) is 5.41 Å². The summed E-state index contributed by atoms with van der Waals surface area (Å²) in [6, 6.07) is 31.8. The molecule has 0 saturated carbocycles. The molecule has 0 bridgehead atoms. The fraction of sp³-hybridized carbons (Fsp3) is 0.0385. The van der Waals surface area contributed by atoms with Crippen LogP contribution in [0.1, 0.15) is 16.7 Å². The summed E-state index contributed by atoms with van der Waals surface area (Å²) < 4.78 is 0. The fourth-order valence-corrected chi connectivity index (χ4v) is 4.13. The lowest BCUT2D eigenvalue weighted by molar-refractivity contribution is 1.26. The molecule has 0 unspecified atom stereocenters. The summed E-state index contributed by atoms with van der Waals surface area (Å²) in [5.41, 5.74) is 16.7. The SMILES string of the molecule is N=C(N)c1ccc(-c2cccc3c2Cc2cc(-c4ccccc4)ccc2-3)cc1. The van der Waals surface area contributed by atoms with Crippen LogP contribution in [0, 0.1) is 5.41 Å². The molecule has 0 aliphatic heterocycles. The molecule has 4 aromatic carbocycles. The Morgan fingerprint density at radius 3 is 2.11 bits per heavy atom. The molecule has 4 aromatic rings. The van der Waals surface area contributed by atoms with Gasteiger partial charge in [-0.05, 0) is 50.9 Å². The van der Waals surface area contributed by atoms with Crippen molar-refractivity contribution in [3.8, 4) is 33.4 Å². The molecule has 134 valence electrons. The van der Waals surface area contributed by atoms with Crippen LogP contribution in [0.15, 0.2) is 91.0 Å². The molecule has 0 radical (unpaired) electrons. The predicted octanol–water partition coefficient (Wildman–Crippen LogP) is 5.88. The summed E-state index contributed by atoms with van der Waals surface area (Å²) in [4.78, 5) is 0. The maximum atomic E-state index is 7.59. The van der Waals surface area contributed by atoms with Crippen molar-refractivity contribution in [1.82, 2.24) is 0 Å². The fourth-order valence-electron chi connectivity index (χ4n) is 4.13.